The summed E-state index contributed by atoms with van der Waals surface area (Å²) in [5, 5.41) is 7.99. The van der Waals surface area contributed by atoms with E-state index in [0.29, 0.717) is 12.1 Å². The molecule has 2 heterocycles. The molecule has 1 N–H and O–H groups in total. The van der Waals surface area contributed by atoms with Crippen LogP contribution >= 0.6 is 0 Å². The highest BCUT2D eigenvalue weighted by Crippen LogP contribution is 2.18. The molecule has 4 heteroatoms. The number of nitrogens with one attached hydrogen (secondary N) is 1. The van der Waals surface area contributed by atoms with Crippen LogP contribution in [0.3, 0.4) is 0 Å². The highest BCUT2D eigenvalue weighted by molar-refractivity contribution is 5.05. The molecule has 108 valence electrons. The molecule has 0 amide bonds. The van der Waals surface area contributed by atoms with Crippen LogP contribution in [-0.4, -0.2) is 39.9 Å². The zero-order chi connectivity index (χ0) is 13.8. The molecule has 0 aliphatic carbocycles. The molecule has 2 unspecified atom stereocenters. The standard InChI is InChI=1S/C15H28N4/c1-5-19-11-14(7-17-19)10-18-9-13(4)16-8-15(18)6-12(2)3/h7,11-13,15-16H,5-6,8-10H2,1-4H3. The normalized spacial score (nSPS) is 25.1. The molecule has 19 heavy (non-hydrogen) atoms. The molecule has 0 bridgehead atoms. The van der Waals surface area contributed by atoms with Crippen LogP contribution < -0.4 is 5.32 Å². The Morgan fingerprint density at radius 2 is 2.26 bits per heavy atom. The van der Waals surface area contributed by atoms with Gasteiger partial charge in [0.15, 0.2) is 0 Å². The minimum atomic E-state index is 0.588. The zero-order valence-corrected chi connectivity index (χ0v) is 12.8. The van der Waals surface area contributed by atoms with E-state index in [9.17, 15) is 0 Å². The lowest BCUT2D eigenvalue weighted by molar-refractivity contribution is 0.111. The molecule has 2 rings (SSSR count). The Kier molecular flexibility index (Phi) is 4.99. The van der Waals surface area contributed by atoms with Gasteiger partial charge in [-0.25, -0.2) is 0 Å². The number of nitrogens with zero attached hydrogens (tertiary/aromatic N) is 3. The van der Waals surface area contributed by atoms with Gasteiger partial charge in [-0.3, -0.25) is 9.58 Å². The van der Waals surface area contributed by atoms with Gasteiger partial charge in [-0.05, 0) is 26.2 Å². The quantitative estimate of drug-likeness (QED) is 0.884. The lowest BCUT2D eigenvalue weighted by Crippen LogP contribution is -2.55. The van der Waals surface area contributed by atoms with Crippen molar-refractivity contribution in [2.75, 3.05) is 13.1 Å². The van der Waals surface area contributed by atoms with Gasteiger partial charge in [0.25, 0.3) is 0 Å². The highest BCUT2D eigenvalue weighted by atomic mass is 15.3. The highest BCUT2D eigenvalue weighted by Gasteiger charge is 2.26. The Balaban J connectivity index is 2.00. The second kappa shape index (κ2) is 6.53. The molecule has 4 nitrogen and oxygen atoms in total. The molecule has 1 aromatic rings. The molecule has 0 radical (unpaired) electrons. The van der Waals surface area contributed by atoms with Crippen molar-refractivity contribution < 1.29 is 0 Å². The van der Waals surface area contributed by atoms with Gasteiger partial charge >= 0.3 is 0 Å². The van der Waals surface area contributed by atoms with E-state index in [-0.39, 0.29) is 0 Å². The van der Waals surface area contributed by atoms with Gasteiger partial charge in [0.05, 0.1) is 6.20 Å². The van der Waals surface area contributed by atoms with Gasteiger partial charge < -0.3 is 5.32 Å². The van der Waals surface area contributed by atoms with Crippen molar-refractivity contribution in [2.45, 2.75) is 59.3 Å². The third-order valence-electron chi connectivity index (χ3n) is 3.87. The van der Waals surface area contributed by atoms with E-state index in [1.807, 2.05) is 10.9 Å². The van der Waals surface area contributed by atoms with Crippen molar-refractivity contribution in [3.63, 3.8) is 0 Å². The summed E-state index contributed by atoms with van der Waals surface area (Å²) in [5.74, 6) is 0.751. The zero-order valence-electron chi connectivity index (χ0n) is 12.8. The maximum absolute atomic E-state index is 4.38. The van der Waals surface area contributed by atoms with Crippen LogP contribution in [0.15, 0.2) is 12.4 Å². The third-order valence-corrected chi connectivity index (χ3v) is 3.87. The fraction of sp³-hybridized carbons (Fsp3) is 0.800. The summed E-state index contributed by atoms with van der Waals surface area (Å²) in [6.07, 6.45) is 5.46. The topological polar surface area (TPSA) is 33.1 Å². The van der Waals surface area contributed by atoms with Crippen LogP contribution in [0.5, 0.6) is 0 Å². The fourth-order valence-electron chi connectivity index (χ4n) is 2.90. The summed E-state index contributed by atoms with van der Waals surface area (Å²) in [7, 11) is 0. The average molecular weight is 264 g/mol. The van der Waals surface area contributed by atoms with Gasteiger partial charge in [0, 0.05) is 50.0 Å². The minimum absolute atomic E-state index is 0.588. The van der Waals surface area contributed by atoms with Crippen molar-refractivity contribution in [1.82, 2.24) is 20.0 Å². The first-order chi connectivity index (χ1) is 9.08. The summed E-state index contributed by atoms with van der Waals surface area (Å²) in [6, 6.07) is 1.24. The van der Waals surface area contributed by atoms with E-state index in [4.69, 9.17) is 0 Å². The van der Waals surface area contributed by atoms with E-state index in [1.54, 1.807) is 0 Å². The first-order valence-electron chi connectivity index (χ1n) is 7.57. The van der Waals surface area contributed by atoms with E-state index in [1.165, 1.54) is 12.0 Å². The van der Waals surface area contributed by atoms with Crippen molar-refractivity contribution in [3.8, 4) is 0 Å². The van der Waals surface area contributed by atoms with Crippen molar-refractivity contribution in [3.05, 3.63) is 18.0 Å². The smallest absolute Gasteiger partial charge is 0.0534 e. The van der Waals surface area contributed by atoms with Crippen LogP contribution in [0.25, 0.3) is 0 Å². The van der Waals surface area contributed by atoms with Gasteiger partial charge in [0.1, 0.15) is 0 Å². The minimum Gasteiger partial charge on any atom is -0.311 e. The Morgan fingerprint density at radius 1 is 1.47 bits per heavy atom. The Hall–Kier alpha value is -0.870. The van der Waals surface area contributed by atoms with Gasteiger partial charge in [0.2, 0.25) is 0 Å². The van der Waals surface area contributed by atoms with Crippen LogP contribution in [-0.2, 0) is 13.1 Å². The summed E-state index contributed by atoms with van der Waals surface area (Å²) in [4.78, 5) is 2.62. The SMILES string of the molecule is CCn1cc(CN2CC(C)NCC2CC(C)C)cn1. The largest absolute Gasteiger partial charge is 0.311 e. The molecule has 1 fully saturated rings. The predicted octanol–water partition coefficient (Wildman–Crippen LogP) is 2.11. The fourth-order valence-corrected chi connectivity index (χ4v) is 2.90. The number of rotatable bonds is 5. The molecule has 1 aliphatic heterocycles. The van der Waals surface area contributed by atoms with E-state index >= 15 is 0 Å². The number of aryl methyl sites for hydroxylation is 1. The monoisotopic (exact) mass is 264 g/mol. The van der Waals surface area contributed by atoms with Crippen molar-refractivity contribution in [1.29, 1.82) is 0 Å². The number of hydrogen-bond donors (Lipinski definition) is 1. The second-order valence-corrected chi connectivity index (χ2v) is 6.23. The van der Waals surface area contributed by atoms with E-state index in [2.05, 4.69) is 49.2 Å². The average Bonchev–Trinajstić information content (AvgIpc) is 2.80. The maximum atomic E-state index is 4.38. The summed E-state index contributed by atoms with van der Waals surface area (Å²) < 4.78 is 2.01. The molecule has 0 aromatic carbocycles. The summed E-state index contributed by atoms with van der Waals surface area (Å²) in [5.41, 5.74) is 1.34. The molecule has 1 aliphatic rings. The van der Waals surface area contributed by atoms with Crippen LogP contribution in [0.4, 0.5) is 0 Å². The third kappa shape index (κ3) is 4.05. The summed E-state index contributed by atoms with van der Waals surface area (Å²) in [6.45, 7) is 13.3. The Morgan fingerprint density at radius 3 is 2.89 bits per heavy atom. The van der Waals surface area contributed by atoms with Crippen LogP contribution in [0.1, 0.15) is 39.7 Å². The maximum Gasteiger partial charge on any atom is 0.0534 e. The van der Waals surface area contributed by atoms with E-state index in [0.717, 1.165) is 32.1 Å². The number of hydrogen-bond acceptors (Lipinski definition) is 3. The molecule has 0 saturated carbocycles. The van der Waals surface area contributed by atoms with Gasteiger partial charge in [-0.2, -0.15) is 5.10 Å². The van der Waals surface area contributed by atoms with Crippen molar-refractivity contribution >= 4 is 0 Å². The van der Waals surface area contributed by atoms with Gasteiger partial charge in [-0.15, -0.1) is 0 Å². The predicted molar refractivity (Wildman–Crippen MR) is 79.0 cm³/mol. The second-order valence-electron chi connectivity index (χ2n) is 6.23. The summed E-state index contributed by atoms with van der Waals surface area (Å²) >= 11 is 0. The molecule has 0 spiro atoms. The van der Waals surface area contributed by atoms with Crippen LogP contribution in [0.2, 0.25) is 0 Å². The lowest BCUT2D eigenvalue weighted by Gasteiger charge is -2.40. The number of piperazine rings is 1. The molecule has 2 atom stereocenters. The van der Waals surface area contributed by atoms with Crippen molar-refractivity contribution in [2.24, 2.45) is 5.92 Å². The van der Waals surface area contributed by atoms with Crippen LogP contribution in [0, 0.1) is 5.92 Å². The molecular weight excluding hydrogens is 236 g/mol. The lowest BCUT2D eigenvalue weighted by atomic mass is 9.99. The Bertz CT molecular complexity index is 385. The van der Waals surface area contributed by atoms with E-state index < -0.39 is 0 Å². The Labute approximate surface area is 117 Å². The first-order valence-corrected chi connectivity index (χ1v) is 7.57. The first kappa shape index (κ1) is 14.5. The van der Waals surface area contributed by atoms with Gasteiger partial charge in [-0.1, -0.05) is 13.8 Å². The molecule has 1 saturated heterocycles. The molecule has 1 aromatic heterocycles. The number of aromatic nitrogens is 2. The molecular formula is C15H28N4.